The zero-order chi connectivity index (χ0) is 8.74. The van der Waals surface area contributed by atoms with E-state index < -0.39 is 6.18 Å². The van der Waals surface area contributed by atoms with E-state index in [0.29, 0.717) is 6.42 Å². The van der Waals surface area contributed by atoms with Crippen LogP contribution in [0, 0.1) is 11.8 Å². The molecule has 11 heavy (non-hydrogen) atoms. The SMILES string of the molecule is CCCCCC#CC(F)(F)F. The Labute approximate surface area is 64.8 Å². The molecule has 0 unspecified atom stereocenters. The highest BCUT2D eigenvalue weighted by Crippen LogP contribution is 2.12. The summed E-state index contributed by atoms with van der Waals surface area (Å²) in [5, 5.41) is 0. The van der Waals surface area contributed by atoms with Crippen LogP contribution < -0.4 is 0 Å². The molecule has 0 heterocycles. The van der Waals surface area contributed by atoms with Crippen LogP contribution in [0.5, 0.6) is 0 Å². The molecule has 0 aliphatic rings. The number of halogens is 3. The minimum absolute atomic E-state index is 0.355. The lowest BCUT2D eigenvalue weighted by atomic mass is 10.2. The van der Waals surface area contributed by atoms with Crippen molar-refractivity contribution in [1.82, 2.24) is 0 Å². The van der Waals surface area contributed by atoms with Crippen LogP contribution in [0.2, 0.25) is 0 Å². The van der Waals surface area contributed by atoms with Crippen LogP contribution in [0.3, 0.4) is 0 Å². The standard InChI is InChI=1S/C8H11F3/c1-2-3-4-5-6-7-8(9,10)11/h2-5H2,1H3. The first kappa shape index (κ1) is 10.3. The summed E-state index contributed by atoms with van der Waals surface area (Å²) in [4.78, 5) is 0. The molecule has 0 aromatic carbocycles. The minimum atomic E-state index is -4.31. The molecule has 0 fully saturated rings. The maximum Gasteiger partial charge on any atom is 0.457 e. The summed E-state index contributed by atoms with van der Waals surface area (Å²) in [5.74, 6) is 3.32. The number of rotatable bonds is 3. The van der Waals surface area contributed by atoms with Crippen molar-refractivity contribution < 1.29 is 13.2 Å². The second-order valence-electron chi connectivity index (χ2n) is 2.26. The molecule has 0 saturated heterocycles. The zero-order valence-electron chi connectivity index (χ0n) is 6.46. The summed E-state index contributed by atoms with van der Waals surface area (Å²) in [5.41, 5.74) is 0. The molecule has 0 aromatic rings. The quantitative estimate of drug-likeness (QED) is 0.444. The van der Waals surface area contributed by atoms with E-state index in [0.717, 1.165) is 19.3 Å². The van der Waals surface area contributed by atoms with E-state index in [4.69, 9.17) is 0 Å². The average molecular weight is 164 g/mol. The lowest BCUT2D eigenvalue weighted by Crippen LogP contribution is -2.01. The second kappa shape index (κ2) is 5.06. The van der Waals surface area contributed by atoms with Gasteiger partial charge in [-0.2, -0.15) is 13.2 Å². The predicted molar refractivity (Wildman–Crippen MR) is 38.0 cm³/mol. The minimum Gasteiger partial charge on any atom is -0.159 e. The number of hydrogen-bond acceptors (Lipinski definition) is 0. The molecule has 0 aromatic heterocycles. The van der Waals surface area contributed by atoms with Gasteiger partial charge in [0, 0.05) is 12.3 Å². The van der Waals surface area contributed by atoms with Gasteiger partial charge in [-0.1, -0.05) is 25.7 Å². The van der Waals surface area contributed by atoms with Crippen molar-refractivity contribution in [3.63, 3.8) is 0 Å². The highest BCUT2D eigenvalue weighted by Gasteiger charge is 2.22. The van der Waals surface area contributed by atoms with Crippen molar-refractivity contribution in [2.45, 2.75) is 38.8 Å². The maximum absolute atomic E-state index is 11.4. The van der Waals surface area contributed by atoms with Gasteiger partial charge in [0.15, 0.2) is 0 Å². The molecule has 3 heteroatoms. The molecule has 0 spiro atoms. The van der Waals surface area contributed by atoms with Crippen LogP contribution in [-0.2, 0) is 0 Å². The maximum atomic E-state index is 11.4. The van der Waals surface area contributed by atoms with Gasteiger partial charge in [0.05, 0.1) is 0 Å². The monoisotopic (exact) mass is 164 g/mol. The van der Waals surface area contributed by atoms with Crippen LogP contribution in [0.1, 0.15) is 32.6 Å². The Morgan fingerprint density at radius 3 is 2.27 bits per heavy atom. The van der Waals surface area contributed by atoms with E-state index in [2.05, 4.69) is 5.92 Å². The van der Waals surface area contributed by atoms with Crippen LogP contribution in [0.15, 0.2) is 0 Å². The van der Waals surface area contributed by atoms with Crippen molar-refractivity contribution in [3.8, 4) is 11.8 Å². The molecule has 64 valence electrons. The smallest absolute Gasteiger partial charge is 0.159 e. The van der Waals surface area contributed by atoms with Crippen molar-refractivity contribution >= 4 is 0 Å². The van der Waals surface area contributed by atoms with E-state index in [1.165, 1.54) is 5.92 Å². The normalized spacial score (nSPS) is 10.5. The predicted octanol–water partition coefficient (Wildman–Crippen LogP) is 3.13. The molecule has 0 atom stereocenters. The van der Waals surface area contributed by atoms with Gasteiger partial charge < -0.3 is 0 Å². The Kier molecular flexibility index (Phi) is 4.76. The number of alkyl halides is 3. The third kappa shape index (κ3) is 9.35. The Balaban J connectivity index is 3.41. The third-order valence-electron chi connectivity index (χ3n) is 1.14. The van der Waals surface area contributed by atoms with Crippen LogP contribution in [0.25, 0.3) is 0 Å². The Bertz CT molecular complexity index is 147. The van der Waals surface area contributed by atoms with Crippen LogP contribution in [-0.4, -0.2) is 6.18 Å². The van der Waals surface area contributed by atoms with Crippen LogP contribution in [0.4, 0.5) is 13.2 Å². The van der Waals surface area contributed by atoms with E-state index >= 15 is 0 Å². The molecule has 0 radical (unpaired) electrons. The van der Waals surface area contributed by atoms with Gasteiger partial charge in [-0.3, -0.25) is 0 Å². The zero-order valence-corrected chi connectivity index (χ0v) is 6.46. The van der Waals surface area contributed by atoms with Gasteiger partial charge >= 0.3 is 6.18 Å². The van der Waals surface area contributed by atoms with Gasteiger partial charge in [-0.15, -0.1) is 0 Å². The molecule has 0 N–H and O–H groups in total. The summed E-state index contributed by atoms with van der Waals surface area (Å²) in [6.07, 6.45) is -1.24. The fraction of sp³-hybridized carbons (Fsp3) is 0.750. The molecule has 0 nitrogen and oxygen atoms in total. The van der Waals surface area contributed by atoms with E-state index in [1.54, 1.807) is 0 Å². The van der Waals surface area contributed by atoms with E-state index in [1.807, 2.05) is 6.92 Å². The Hall–Kier alpha value is -0.650. The molecule has 0 aliphatic carbocycles. The second-order valence-corrected chi connectivity index (χ2v) is 2.26. The lowest BCUT2D eigenvalue weighted by Gasteiger charge is -1.92. The van der Waals surface area contributed by atoms with Crippen molar-refractivity contribution in [1.29, 1.82) is 0 Å². The fourth-order valence-corrected chi connectivity index (χ4v) is 0.626. The van der Waals surface area contributed by atoms with Crippen molar-refractivity contribution in [3.05, 3.63) is 0 Å². The van der Waals surface area contributed by atoms with Gasteiger partial charge in [0.2, 0.25) is 0 Å². The summed E-state index contributed by atoms with van der Waals surface area (Å²) >= 11 is 0. The topological polar surface area (TPSA) is 0 Å². The molecule has 0 amide bonds. The first-order chi connectivity index (χ1) is 5.06. The highest BCUT2D eigenvalue weighted by molar-refractivity contribution is 5.04. The Morgan fingerprint density at radius 1 is 1.18 bits per heavy atom. The number of unbranched alkanes of at least 4 members (excludes halogenated alkanes) is 3. The summed E-state index contributed by atoms with van der Waals surface area (Å²) in [7, 11) is 0. The molecular weight excluding hydrogens is 153 g/mol. The third-order valence-corrected chi connectivity index (χ3v) is 1.14. The molecule has 0 aliphatic heterocycles. The highest BCUT2D eigenvalue weighted by atomic mass is 19.4. The van der Waals surface area contributed by atoms with Crippen molar-refractivity contribution in [2.24, 2.45) is 0 Å². The average Bonchev–Trinajstić information content (AvgIpc) is 1.85. The summed E-state index contributed by atoms with van der Waals surface area (Å²) in [6, 6.07) is 0. The van der Waals surface area contributed by atoms with E-state index in [9.17, 15) is 13.2 Å². The summed E-state index contributed by atoms with van der Waals surface area (Å²) < 4.78 is 34.2. The first-order valence-electron chi connectivity index (χ1n) is 3.63. The molecule has 0 saturated carbocycles. The molecule has 0 bridgehead atoms. The number of hydrogen-bond donors (Lipinski definition) is 0. The summed E-state index contributed by atoms with van der Waals surface area (Å²) in [6.45, 7) is 2.00. The van der Waals surface area contributed by atoms with Crippen molar-refractivity contribution in [2.75, 3.05) is 0 Å². The van der Waals surface area contributed by atoms with Gasteiger partial charge in [0.1, 0.15) is 0 Å². The Morgan fingerprint density at radius 2 is 1.82 bits per heavy atom. The van der Waals surface area contributed by atoms with Gasteiger partial charge in [0.25, 0.3) is 0 Å². The van der Waals surface area contributed by atoms with Gasteiger partial charge in [-0.05, 0) is 6.42 Å². The molecule has 0 rings (SSSR count). The van der Waals surface area contributed by atoms with E-state index in [-0.39, 0.29) is 0 Å². The molecular formula is C8H11F3. The van der Waals surface area contributed by atoms with Crippen LogP contribution >= 0.6 is 0 Å². The van der Waals surface area contributed by atoms with Gasteiger partial charge in [-0.25, -0.2) is 0 Å². The first-order valence-corrected chi connectivity index (χ1v) is 3.63. The lowest BCUT2D eigenvalue weighted by molar-refractivity contribution is -0.0697. The largest absolute Gasteiger partial charge is 0.457 e. The fourth-order valence-electron chi connectivity index (χ4n) is 0.626.